The normalized spacial score (nSPS) is 13.9. The van der Waals surface area contributed by atoms with Crippen LogP contribution < -0.4 is 10.1 Å². The molecule has 2 aromatic rings. The highest BCUT2D eigenvalue weighted by molar-refractivity contribution is 7.80. The Bertz CT molecular complexity index is 786. The van der Waals surface area contributed by atoms with Crippen LogP contribution in [0.3, 0.4) is 0 Å². The fraction of sp³-hybridized carbons (Fsp3) is 0.333. The number of nitrogens with zero attached hydrogens (tertiary/aromatic N) is 1. The second-order valence-electron chi connectivity index (χ2n) is 6.28. The van der Waals surface area contributed by atoms with E-state index in [-0.39, 0.29) is 12.5 Å². The van der Waals surface area contributed by atoms with Crippen molar-refractivity contribution in [2.45, 2.75) is 13.3 Å². The molecule has 27 heavy (non-hydrogen) atoms. The van der Waals surface area contributed by atoms with Crippen molar-refractivity contribution in [3.63, 3.8) is 0 Å². The van der Waals surface area contributed by atoms with Crippen LogP contribution in [0.2, 0.25) is 0 Å². The highest BCUT2D eigenvalue weighted by Gasteiger charge is 2.15. The minimum absolute atomic E-state index is 0.0364. The predicted octanol–water partition coefficient (Wildman–Crippen LogP) is 3.27. The maximum absolute atomic E-state index is 12.2. The number of amides is 1. The van der Waals surface area contributed by atoms with Crippen molar-refractivity contribution in [2.24, 2.45) is 0 Å². The zero-order chi connectivity index (χ0) is 19.1. The molecule has 1 N–H and O–H groups in total. The van der Waals surface area contributed by atoms with E-state index in [0.717, 1.165) is 41.3 Å². The summed E-state index contributed by atoms with van der Waals surface area (Å²) in [7, 11) is 0. The molecule has 1 saturated heterocycles. The number of anilines is 1. The molecule has 5 nitrogen and oxygen atoms in total. The quantitative estimate of drug-likeness (QED) is 0.775. The van der Waals surface area contributed by atoms with Gasteiger partial charge in [-0.05, 0) is 42.3 Å². The fourth-order valence-electron chi connectivity index (χ4n) is 2.93. The number of ether oxygens (including phenoxy) is 2. The minimum atomic E-state index is -0.177. The molecule has 1 aliphatic rings. The predicted molar refractivity (Wildman–Crippen MR) is 110 cm³/mol. The van der Waals surface area contributed by atoms with Crippen LogP contribution in [0.25, 0.3) is 0 Å². The lowest BCUT2D eigenvalue weighted by Gasteiger charge is -2.29. The van der Waals surface area contributed by atoms with E-state index in [4.69, 9.17) is 21.7 Å². The molecule has 0 bridgehead atoms. The Morgan fingerprint density at radius 1 is 1.15 bits per heavy atom. The molecule has 0 radical (unpaired) electrons. The average Bonchev–Trinajstić information content (AvgIpc) is 2.73. The van der Waals surface area contributed by atoms with Crippen LogP contribution in [-0.2, 0) is 16.0 Å². The second-order valence-corrected chi connectivity index (χ2v) is 6.66. The molecule has 1 heterocycles. The summed E-state index contributed by atoms with van der Waals surface area (Å²) >= 11 is 5.55. The Kier molecular flexibility index (Phi) is 6.79. The first-order chi connectivity index (χ1) is 13.2. The molecule has 0 aromatic heterocycles. The molecule has 0 aliphatic carbocycles. The smallest absolute Gasteiger partial charge is 0.262 e. The van der Waals surface area contributed by atoms with Gasteiger partial charge in [-0.15, -0.1) is 0 Å². The largest absolute Gasteiger partial charge is 0.484 e. The molecular formula is C21H24N2O3S. The lowest BCUT2D eigenvalue weighted by Crippen LogP contribution is -2.40. The molecule has 0 unspecified atom stereocenters. The third-order valence-corrected chi connectivity index (χ3v) is 4.94. The number of aryl methyl sites for hydroxylation is 1. The van der Waals surface area contributed by atoms with Crippen molar-refractivity contribution in [1.29, 1.82) is 0 Å². The van der Waals surface area contributed by atoms with Crippen molar-refractivity contribution < 1.29 is 14.3 Å². The maximum atomic E-state index is 12.2. The highest BCUT2D eigenvalue weighted by atomic mass is 32.1. The first-order valence-corrected chi connectivity index (χ1v) is 9.56. The molecule has 1 fully saturated rings. The van der Waals surface area contributed by atoms with Crippen LogP contribution in [0, 0.1) is 0 Å². The third kappa shape index (κ3) is 5.28. The van der Waals surface area contributed by atoms with Crippen molar-refractivity contribution >= 4 is 28.8 Å². The SMILES string of the molecule is CCc1ccccc1NC(=O)COc1ccc(C(=S)N2CCOCC2)cc1. The Morgan fingerprint density at radius 3 is 2.56 bits per heavy atom. The lowest BCUT2D eigenvalue weighted by atomic mass is 10.1. The van der Waals surface area contributed by atoms with Gasteiger partial charge in [0.2, 0.25) is 0 Å². The van der Waals surface area contributed by atoms with Crippen molar-refractivity contribution in [2.75, 3.05) is 38.2 Å². The van der Waals surface area contributed by atoms with Gasteiger partial charge >= 0.3 is 0 Å². The van der Waals surface area contributed by atoms with E-state index < -0.39 is 0 Å². The molecule has 0 atom stereocenters. The summed E-state index contributed by atoms with van der Waals surface area (Å²) in [5, 5.41) is 2.90. The van der Waals surface area contributed by atoms with E-state index in [9.17, 15) is 4.79 Å². The van der Waals surface area contributed by atoms with Crippen LogP contribution in [-0.4, -0.2) is 48.7 Å². The zero-order valence-corrected chi connectivity index (χ0v) is 16.3. The Hall–Kier alpha value is -2.44. The third-order valence-electron chi connectivity index (χ3n) is 4.44. The number of benzene rings is 2. The molecule has 6 heteroatoms. The Morgan fingerprint density at radius 2 is 1.85 bits per heavy atom. The summed E-state index contributed by atoms with van der Waals surface area (Å²) < 4.78 is 11.0. The van der Waals surface area contributed by atoms with Crippen LogP contribution in [0.1, 0.15) is 18.1 Å². The number of hydrogen-bond acceptors (Lipinski definition) is 4. The fourth-order valence-corrected chi connectivity index (χ4v) is 3.25. The van der Waals surface area contributed by atoms with E-state index in [2.05, 4.69) is 17.1 Å². The van der Waals surface area contributed by atoms with E-state index in [1.54, 1.807) is 0 Å². The van der Waals surface area contributed by atoms with Gasteiger partial charge in [0.1, 0.15) is 10.7 Å². The van der Waals surface area contributed by atoms with Gasteiger partial charge in [0.25, 0.3) is 5.91 Å². The molecule has 1 aliphatic heterocycles. The summed E-state index contributed by atoms with van der Waals surface area (Å²) in [5.74, 6) is 0.464. The molecular weight excluding hydrogens is 360 g/mol. The van der Waals surface area contributed by atoms with Gasteiger partial charge in [0.05, 0.1) is 13.2 Å². The van der Waals surface area contributed by atoms with Gasteiger partial charge in [0.15, 0.2) is 6.61 Å². The van der Waals surface area contributed by atoms with E-state index in [1.165, 1.54) is 0 Å². The minimum Gasteiger partial charge on any atom is -0.484 e. The molecule has 142 valence electrons. The number of hydrogen-bond donors (Lipinski definition) is 1. The molecule has 1 amide bonds. The lowest BCUT2D eigenvalue weighted by molar-refractivity contribution is -0.118. The summed E-state index contributed by atoms with van der Waals surface area (Å²) in [6.07, 6.45) is 0.863. The first kappa shape index (κ1) is 19.3. The highest BCUT2D eigenvalue weighted by Crippen LogP contribution is 2.17. The monoisotopic (exact) mass is 384 g/mol. The number of nitrogens with one attached hydrogen (secondary N) is 1. The zero-order valence-electron chi connectivity index (χ0n) is 15.4. The average molecular weight is 385 g/mol. The van der Waals surface area contributed by atoms with Gasteiger partial charge < -0.3 is 19.7 Å². The van der Waals surface area contributed by atoms with Crippen molar-refractivity contribution in [3.8, 4) is 5.75 Å². The van der Waals surface area contributed by atoms with Crippen molar-refractivity contribution in [3.05, 3.63) is 59.7 Å². The summed E-state index contributed by atoms with van der Waals surface area (Å²) in [4.78, 5) is 15.1. The molecule has 0 spiro atoms. The molecule has 0 saturated carbocycles. The van der Waals surface area contributed by atoms with Crippen molar-refractivity contribution in [1.82, 2.24) is 4.90 Å². The van der Waals surface area contributed by atoms with E-state index >= 15 is 0 Å². The second kappa shape index (κ2) is 9.48. The summed E-state index contributed by atoms with van der Waals surface area (Å²) in [5.41, 5.74) is 2.91. The van der Waals surface area contributed by atoms with Crippen LogP contribution in [0.4, 0.5) is 5.69 Å². The first-order valence-electron chi connectivity index (χ1n) is 9.15. The number of morpholine rings is 1. The van der Waals surface area contributed by atoms with Crippen LogP contribution in [0.5, 0.6) is 5.75 Å². The van der Waals surface area contributed by atoms with E-state index in [1.807, 2.05) is 48.5 Å². The van der Waals surface area contributed by atoms with E-state index in [0.29, 0.717) is 19.0 Å². The maximum Gasteiger partial charge on any atom is 0.262 e. The summed E-state index contributed by atoms with van der Waals surface area (Å²) in [6.45, 7) is 5.07. The van der Waals surface area contributed by atoms with Gasteiger partial charge in [-0.3, -0.25) is 4.79 Å². The topological polar surface area (TPSA) is 50.8 Å². The van der Waals surface area contributed by atoms with Crippen LogP contribution in [0.15, 0.2) is 48.5 Å². The number of carbonyl (C=O) groups excluding carboxylic acids is 1. The van der Waals surface area contributed by atoms with Crippen LogP contribution >= 0.6 is 12.2 Å². The molecule has 3 rings (SSSR count). The Labute approximate surface area is 165 Å². The summed E-state index contributed by atoms with van der Waals surface area (Å²) in [6, 6.07) is 15.3. The number of rotatable bonds is 6. The Balaban J connectivity index is 1.52. The van der Waals surface area contributed by atoms with Gasteiger partial charge in [-0.1, -0.05) is 37.3 Å². The van der Waals surface area contributed by atoms with Gasteiger partial charge in [0, 0.05) is 24.3 Å². The number of carbonyl (C=O) groups is 1. The van der Waals surface area contributed by atoms with Gasteiger partial charge in [-0.25, -0.2) is 0 Å². The van der Waals surface area contributed by atoms with Gasteiger partial charge in [-0.2, -0.15) is 0 Å². The molecule has 2 aromatic carbocycles. The number of thiocarbonyl (C=S) groups is 1. The number of para-hydroxylation sites is 1. The standard InChI is InChI=1S/C21H24N2O3S/c1-2-16-5-3-4-6-19(16)22-20(24)15-26-18-9-7-17(8-10-18)21(27)23-11-13-25-14-12-23/h3-10H,2,11-15H2,1H3,(H,22,24).